The zero-order chi connectivity index (χ0) is 23.9. The van der Waals surface area contributed by atoms with Crippen LogP contribution in [-0.4, -0.2) is 66.6 Å². The molecule has 0 atom stereocenters. The average molecular weight is 584 g/mol. The zero-order valence-electron chi connectivity index (χ0n) is 21.5. The van der Waals surface area contributed by atoms with Gasteiger partial charge in [0.25, 0.3) is 0 Å². The molecule has 0 bridgehead atoms. The van der Waals surface area contributed by atoms with E-state index in [0.717, 1.165) is 91.4 Å². The van der Waals surface area contributed by atoms with Crippen molar-refractivity contribution < 1.29 is 9.47 Å². The summed E-state index contributed by atoms with van der Waals surface area (Å²) in [5, 5.41) is 11.4. The highest BCUT2D eigenvalue weighted by Crippen LogP contribution is 2.27. The number of halogens is 3. The van der Waals surface area contributed by atoms with Gasteiger partial charge in [0, 0.05) is 30.6 Å². The van der Waals surface area contributed by atoms with Crippen molar-refractivity contribution in [3.8, 4) is 11.6 Å². The molecular formula is C27H37Cl3N6O2. The molecule has 4 heterocycles. The van der Waals surface area contributed by atoms with Crippen molar-refractivity contribution in [2.75, 3.05) is 51.3 Å². The fourth-order valence-corrected chi connectivity index (χ4v) is 4.52. The first-order chi connectivity index (χ1) is 17.3. The normalized spacial score (nSPS) is 15.3. The van der Waals surface area contributed by atoms with Crippen molar-refractivity contribution >= 4 is 64.8 Å². The van der Waals surface area contributed by atoms with Gasteiger partial charge in [0.05, 0.1) is 42.1 Å². The van der Waals surface area contributed by atoms with E-state index in [1.165, 1.54) is 0 Å². The number of aromatic nitrogens is 3. The Bertz CT molecular complexity index is 1250. The van der Waals surface area contributed by atoms with E-state index >= 15 is 0 Å². The highest BCUT2D eigenvalue weighted by molar-refractivity contribution is 5.91. The Kier molecular flexibility index (Phi) is 13.4. The van der Waals surface area contributed by atoms with Crippen LogP contribution in [0.15, 0.2) is 54.9 Å². The molecule has 0 radical (unpaired) electrons. The summed E-state index contributed by atoms with van der Waals surface area (Å²) in [6.45, 7) is 8.58. The second kappa shape index (κ2) is 15.9. The Morgan fingerprint density at radius 2 is 1.74 bits per heavy atom. The number of nitrogens with zero attached hydrogens (tertiary/aromatic N) is 3. The summed E-state index contributed by atoms with van der Waals surface area (Å²) in [5.41, 5.74) is 4.01. The van der Waals surface area contributed by atoms with Gasteiger partial charge in [-0.15, -0.1) is 37.2 Å². The van der Waals surface area contributed by atoms with Crippen molar-refractivity contribution in [2.45, 2.75) is 25.8 Å². The third kappa shape index (κ3) is 7.85. The number of piperidine rings is 1. The van der Waals surface area contributed by atoms with Crippen LogP contribution in [-0.2, 0) is 4.74 Å². The lowest BCUT2D eigenvalue weighted by Crippen LogP contribution is -2.35. The second-order valence-corrected chi connectivity index (χ2v) is 8.78. The van der Waals surface area contributed by atoms with Crippen LogP contribution < -0.4 is 20.7 Å². The van der Waals surface area contributed by atoms with Crippen LogP contribution in [0.4, 0.5) is 5.69 Å². The molecule has 2 aliphatic heterocycles. The van der Waals surface area contributed by atoms with Crippen LogP contribution >= 0.6 is 37.2 Å². The molecule has 2 saturated heterocycles. The lowest BCUT2D eigenvalue weighted by atomic mass is 10.1. The fraction of sp³-hybridized carbons (Fsp3) is 0.407. The predicted molar refractivity (Wildman–Crippen MR) is 162 cm³/mol. The highest BCUT2D eigenvalue weighted by atomic mass is 35.5. The van der Waals surface area contributed by atoms with Gasteiger partial charge in [0.2, 0.25) is 0 Å². The van der Waals surface area contributed by atoms with Crippen LogP contribution in [0.1, 0.15) is 19.8 Å². The number of morpholine rings is 1. The molecule has 0 unspecified atom stereocenters. The smallest absolute Gasteiger partial charge is 0.139 e. The number of hydrogen-bond donors (Lipinski definition) is 3. The summed E-state index contributed by atoms with van der Waals surface area (Å²) < 4.78 is 12.6. The van der Waals surface area contributed by atoms with Crippen molar-refractivity contribution in [3.63, 3.8) is 0 Å². The molecule has 3 N–H and O–H groups in total. The molecule has 38 heavy (non-hydrogen) atoms. The molecule has 2 aliphatic rings. The molecule has 11 heteroatoms. The number of para-hydroxylation sites is 1. The average Bonchev–Trinajstić information content (AvgIpc) is 3.34. The van der Waals surface area contributed by atoms with Gasteiger partial charge in [-0.05, 0) is 63.2 Å². The maximum absolute atomic E-state index is 5.60. The minimum absolute atomic E-state index is 0. The Balaban J connectivity index is 0.000000501. The first-order valence-corrected chi connectivity index (χ1v) is 12.6. The van der Waals surface area contributed by atoms with E-state index in [1.54, 1.807) is 0 Å². The SMILES string of the molecule is C1COCCN1.CCOc1ccc2c(c1)ncn2-c1ccc2cccc(NC3CCNCC3)c2n1.Cl.Cl.Cl. The van der Waals surface area contributed by atoms with Crippen molar-refractivity contribution in [1.82, 2.24) is 25.2 Å². The molecule has 0 amide bonds. The van der Waals surface area contributed by atoms with Crippen LogP contribution in [0.5, 0.6) is 5.75 Å². The van der Waals surface area contributed by atoms with Crippen LogP contribution in [0, 0.1) is 0 Å². The molecule has 0 saturated carbocycles. The lowest BCUT2D eigenvalue weighted by molar-refractivity contribution is 0.109. The third-order valence-corrected chi connectivity index (χ3v) is 6.33. The number of pyridine rings is 1. The lowest BCUT2D eigenvalue weighted by Gasteiger charge is -2.25. The first kappa shape index (κ1) is 31.9. The number of rotatable bonds is 5. The monoisotopic (exact) mass is 582 g/mol. The van der Waals surface area contributed by atoms with Gasteiger partial charge in [0.1, 0.15) is 17.9 Å². The number of fused-ring (bicyclic) bond motifs is 2. The Labute approximate surface area is 242 Å². The summed E-state index contributed by atoms with van der Waals surface area (Å²) in [4.78, 5) is 9.56. The first-order valence-electron chi connectivity index (χ1n) is 12.6. The third-order valence-electron chi connectivity index (χ3n) is 6.33. The molecule has 2 aromatic heterocycles. The molecule has 208 valence electrons. The summed E-state index contributed by atoms with van der Waals surface area (Å²) in [5.74, 6) is 1.70. The number of ether oxygens (including phenoxy) is 2. The van der Waals surface area contributed by atoms with Crippen molar-refractivity contribution in [3.05, 3.63) is 54.9 Å². The van der Waals surface area contributed by atoms with E-state index in [9.17, 15) is 0 Å². The second-order valence-electron chi connectivity index (χ2n) is 8.78. The number of anilines is 1. The molecule has 4 aromatic rings. The van der Waals surface area contributed by atoms with Crippen LogP contribution in [0.25, 0.3) is 27.8 Å². The number of nitrogens with one attached hydrogen (secondary N) is 3. The molecule has 0 spiro atoms. The van der Waals surface area contributed by atoms with E-state index in [0.29, 0.717) is 12.6 Å². The van der Waals surface area contributed by atoms with Crippen molar-refractivity contribution in [2.24, 2.45) is 0 Å². The predicted octanol–water partition coefficient (Wildman–Crippen LogP) is 5.01. The van der Waals surface area contributed by atoms with Crippen LogP contribution in [0.2, 0.25) is 0 Å². The van der Waals surface area contributed by atoms with Crippen molar-refractivity contribution in [1.29, 1.82) is 0 Å². The van der Waals surface area contributed by atoms with Gasteiger partial charge in [-0.3, -0.25) is 4.57 Å². The van der Waals surface area contributed by atoms with E-state index < -0.39 is 0 Å². The van der Waals surface area contributed by atoms with Gasteiger partial charge in [-0.2, -0.15) is 0 Å². The van der Waals surface area contributed by atoms with Gasteiger partial charge < -0.3 is 25.4 Å². The van der Waals surface area contributed by atoms with E-state index in [-0.39, 0.29) is 37.2 Å². The summed E-state index contributed by atoms with van der Waals surface area (Å²) >= 11 is 0. The Morgan fingerprint density at radius 1 is 0.974 bits per heavy atom. The molecule has 2 fully saturated rings. The fourth-order valence-electron chi connectivity index (χ4n) is 4.52. The molecule has 6 rings (SSSR count). The summed E-state index contributed by atoms with van der Waals surface area (Å²) in [6, 6.07) is 17.0. The zero-order valence-corrected chi connectivity index (χ0v) is 24.0. The number of imidazole rings is 1. The molecular weight excluding hydrogens is 547 g/mol. The van der Waals surface area contributed by atoms with E-state index in [2.05, 4.69) is 45.2 Å². The maximum atomic E-state index is 5.60. The molecule has 8 nitrogen and oxygen atoms in total. The summed E-state index contributed by atoms with van der Waals surface area (Å²) in [7, 11) is 0. The largest absolute Gasteiger partial charge is 0.494 e. The van der Waals surface area contributed by atoms with Gasteiger partial charge in [0.15, 0.2) is 0 Å². The molecule has 0 aliphatic carbocycles. The molecule has 2 aromatic carbocycles. The topological polar surface area (TPSA) is 85.3 Å². The minimum atomic E-state index is 0. The summed E-state index contributed by atoms with van der Waals surface area (Å²) in [6.07, 6.45) is 4.09. The minimum Gasteiger partial charge on any atom is -0.494 e. The van der Waals surface area contributed by atoms with Gasteiger partial charge in [-0.25, -0.2) is 9.97 Å². The number of benzene rings is 2. The number of hydrogen-bond acceptors (Lipinski definition) is 7. The van der Waals surface area contributed by atoms with Gasteiger partial charge in [-0.1, -0.05) is 12.1 Å². The van der Waals surface area contributed by atoms with Crippen LogP contribution in [0.3, 0.4) is 0 Å². The quantitative estimate of drug-likeness (QED) is 0.305. The Hall–Kier alpha value is -2.33. The Morgan fingerprint density at radius 3 is 2.42 bits per heavy atom. The standard InChI is InChI=1S/C23H25N5O.C4H9NO.3ClH/c1-2-29-18-7-8-21-20(14-18)25-15-28(21)22-9-6-16-4-3-5-19(23(16)27-22)26-17-10-12-24-13-11-17;1-3-6-4-2-5-1;;;/h3-9,14-15,17,24,26H,2,10-13H2,1H3;5H,1-4H2;3*1H. The highest BCUT2D eigenvalue weighted by Gasteiger charge is 2.15. The van der Waals surface area contributed by atoms with E-state index in [1.807, 2.05) is 42.1 Å². The maximum Gasteiger partial charge on any atom is 0.139 e. The van der Waals surface area contributed by atoms with Gasteiger partial charge >= 0.3 is 0 Å². The van der Waals surface area contributed by atoms with E-state index in [4.69, 9.17) is 14.5 Å².